The molecule has 0 aromatic rings. The zero-order valence-electron chi connectivity index (χ0n) is 9.13. The molecule has 78 valence electrons. The van der Waals surface area contributed by atoms with Gasteiger partial charge in [-0.15, -0.1) is 0 Å². The van der Waals surface area contributed by atoms with Crippen LogP contribution in [0.2, 0.25) is 0 Å². The standard InChI is InChI=1S/C11H24N2/c1-10(12)6-5-9-13(2)11-7-3-4-8-11/h10-11H,3-9,12H2,1-2H3. The van der Waals surface area contributed by atoms with Crippen LogP contribution < -0.4 is 5.73 Å². The van der Waals surface area contributed by atoms with E-state index in [1.807, 2.05) is 0 Å². The van der Waals surface area contributed by atoms with Crippen molar-refractivity contribution in [3.63, 3.8) is 0 Å². The summed E-state index contributed by atoms with van der Waals surface area (Å²) in [5, 5.41) is 0. The van der Waals surface area contributed by atoms with Gasteiger partial charge in [0.2, 0.25) is 0 Å². The van der Waals surface area contributed by atoms with E-state index in [1.165, 1.54) is 38.6 Å². The number of hydrogen-bond donors (Lipinski definition) is 1. The van der Waals surface area contributed by atoms with Gasteiger partial charge in [0, 0.05) is 12.1 Å². The van der Waals surface area contributed by atoms with Crippen LogP contribution in [0.25, 0.3) is 0 Å². The fourth-order valence-electron chi connectivity index (χ4n) is 2.19. The molecule has 1 unspecified atom stereocenters. The van der Waals surface area contributed by atoms with Gasteiger partial charge in [-0.05, 0) is 46.2 Å². The second-order valence-corrected chi connectivity index (χ2v) is 4.54. The molecule has 1 aliphatic rings. The second kappa shape index (κ2) is 5.61. The first-order valence-corrected chi connectivity index (χ1v) is 5.66. The van der Waals surface area contributed by atoms with E-state index >= 15 is 0 Å². The average Bonchev–Trinajstić information content (AvgIpc) is 2.55. The highest BCUT2D eigenvalue weighted by atomic mass is 15.1. The zero-order valence-corrected chi connectivity index (χ0v) is 9.13. The highest BCUT2D eigenvalue weighted by molar-refractivity contribution is 4.75. The third-order valence-electron chi connectivity index (χ3n) is 3.12. The summed E-state index contributed by atoms with van der Waals surface area (Å²) in [6, 6.07) is 1.24. The molecule has 0 amide bonds. The predicted octanol–water partition coefficient (Wildman–Crippen LogP) is 1.99. The Morgan fingerprint density at radius 3 is 2.54 bits per heavy atom. The zero-order chi connectivity index (χ0) is 9.68. The Morgan fingerprint density at radius 2 is 2.00 bits per heavy atom. The minimum atomic E-state index is 0.372. The van der Waals surface area contributed by atoms with Crippen molar-refractivity contribution >= 4 is 0 Å². The van der Waals surface area contributed by atoms with Gasteiger partial charge in [0.25, 0.3) is 0 Å². The van der Waals surface area contributed by atoms with Crippen molar-refractivity contribution in [2.24, 2.45) is 5.73 Å². The highest BCUT2D eigenvalue weighted by Gasteiger charge is 2.18. The molecule has 0 radical (unpaired) electrons. The summed E-state index contributed by atoms with van der Waals surface area (Å²) in [5.41, 5.74) is 5.71. The predicted molar refractivity (Wildman–Crippen MR) is 57.8 cm³/mol. The van der Waals surface area contributed by atoms with Crippen LogP contribution in [-0.4, -0.2) is 30.6 Å². The molecule has 0 aliphatic heterocycles. The van der Waals surface area contributed by atoms with Crippen molar-refractivity contribution in [3.8, 4) is 0 Å². The smallest absolute Gasteiger partial charge is 0.00922 e. The van der Waals surface area contributed by atoms with Crippen molar-refractivity contribution in [2.75, 3.05) is 13.6 Å². The molecule has 0 spiro atoms. The van der Waals surface area contributed by atoms with Crippen molar-refractivity contribution in [1.82, 2.24) is 4.90 Å². The number of hydrogen-bond acceptors (Lipinski definition) is 2. The molecule has 2 heteroatoms. The van der Waals surface area contributed by atoms with E-state index in [2.05, 4.69) is 18.9 Å². The normalized spacial score (nSPS) is 21.2. The summed E-state index contributed by atoms with van der Waals surface area (Å²) in [6.07, 6.45) is 8.11. The van der Waals surface area contributed by atoms with Crippen LogP contribution in [0.15, 0.2) is 0 Å². The highest BCUT2D eigenvalue weighted by Crippen LogP contribution is 2.22. The molecule has 0 aromatic carbocycles. The summed E-state index contributed by atoms with van der Waals surface area (Å²) in [7, 11) is 2.26. The van der Waals surface area contributed by atoms with Gasteiger partial charge in [-0.1, -0.05) is 12.8 Å². The van der Waals surface area contributed by atoms with Crippen molar-refractivity contribution < 1.29 is 0 Å². The van der Waals surface area contributed by atoms with E-state index < -0.39 is 0 Å². The van der Waals surface area contributed by atoms with E-state index in [4.69, 9.17) is 5.73 Å². The third kappa shape index (κ3) is 4.10. The minimum absolute atomic E-state index is 0.372. The van der Waals surface area contributed by atoms with Crippen LogP contribution >= 0.6 is 0 Å². The lowest BCUT2D eigenvalue weighted by atomic mass is 10.1. The number of nitrogens with two attached hydrogens (primary N) is 1. The molecule has 2 nitrogen and oxygen atoms in total. The van der Waals surface area contributed by atoms with Crippen molar-refractivity contribution in [1.29, 1.82) is 0 Å². The van der Waals surface area contributed by atoms with E-state index in [9.17, 15) is 0 Å². The molecule has 0 saturated heterocycles. The minimum Gasteiger partial charge on any atom is -0.328 e. The molecule has 0 bridgehead atoms. The lowest BCUT2D eigenvalue weighted by molar-refractivity contribution is 0.239. The first-order valence-electron chi connectivity index (χ1n) is 5.66. The summed E-state index contributed by atoms with van der Waals surface area (Å²) >= 11 is 0. The topological polar surface area (TPSA) is 29.3 Å². The van der Waals surface area contributed by atoms with Gasteiger partial charge in [0.15, 0.2) is 0 Å². The van der Waals surface area contributed by atoms with Crippen LogP contribution in [0.3, 0.4) is 0 Å². The molecule has 1 fully saturated rings. The van der Waals surface area contributed by atoms with Gasteiger partial charge in [-0.25, -0.2) is 0 Å². The lowest BCUT2D eigenvalue weighted by Crippen LogP contribution is -2.30. The Kier molecular flexibility index (Phi) is 4.74. The molecule has 0 heterocycles. The van der Waals surface area contributed by atoms with Crippen molar-refractivity contribution in [2.45, 2.75) is 57.5 Å². The molecular weight excluding hydrogens is 160 g/mol. The van der Waals surface area contributed by atoms with Gasteiger partial charge in [0.05, 0.1) is 0 Å². The second-order valence-electron chi connectivity index (χ2n) is 4.54. The average molecular weight is 184 g/mol. The molecule has 1 aliphatic carbocycles. The number of rotatable bonds is 5. The quantitative estimate of drug-likeness (QED) is 0.708. The van der Waals surface area contributed by atoms with E-state index in [0.29, 0.717) is 6.04 Å². The van der Waals surface area contributed by atoms with E-state index in [0.717, 1.165) is 12.5 Å². The van der Waals surface area contributed by atoms with Gasteiger partial charge >= 0.3 is 0 Å². The fraction of sp³-hybridized carbons (Fsp3) is 1.00. The first-order chi connectivity index (χ1) is 6.20. The SMILES string of the molecule is CC(N)CCCN(C)C1CCCC1. The summed E-state index contributed by atoms with van der Waals surface area (Å²) in [5.74, 6) is 0. The molecule has 1 rings (SSSR count). The molecule has 1 atom stereocenters. The summed E-state index contributed by atoms with van der Waals surface area (Å²) in [4.78, 5) is 2.52. The van der Waals surface area contributed by atoms with Gasteiger partial charge < -0.3 is 10.6 Å². The molecule has 1 saturated carbocycles. The molecule has 13 heavy (non-hydrogen) atoms. The van der Waals surface area contributed by atoms with Crippen molar-refractivity contribution in [3.05, 3.63) is 0 Å². The maximum atomic E-state index is 5.71. The van der Waals surface area contributed by atoms with Crippen LogP contribution in [-0.2, 0) is 0 Å². The fourth-order valence-corrected chi connectivity index (χ4v) is 2.19. The Morgan fingerprint density at radius 1 is 1.38 bits per heavy atom. The van der Waals surface area contributed by atoms with Crippen LogP contribution in [0.5, 0.6) is 0 Å². The molecule has 0 aromatic heterocycles. The van der Waals surface area contributed by atoms with E-state index in [1.54, 1.807) is 0 Å². The van der Waals surface area contributed by atoms with Gasteiger partial charge in [0.1, 0.15) is 0 Å². The van der Waals surface area contributed by atoms with Crippen LogP contribution in [0, 0.1) is 0 Å². The van der Waals surface area contributed by atoms with Gasteiger partial charge in [-0.2, -0.15) is 0 Å². The molecular formula is C11H24N2. The Hall–Kier alpha value is -0.0800. The van der Waals surface area contributed by atoms with Crippen LogP contribution in [0.1, 0.15) is 45.4 Å². The summed E-state index contributed by atoms with van der Waals surface area (Å²) in [6.45, 7) is 3.32. The number of nitrogens with zero attached hydrogens (tertiary/aromatic N) is 1. The maximum absolute atomic E-state index is 5.71. The first kappa shape index (κ1) is 11.0. The van der Waals surface area contributed by atoms with E-state index in [-0.39, 0.29) is 0 Å². The Bertz CT molecular complexity index is 128. The van der Waals surface area contributed by atoms with Crippen LogP contribution in [0.4, 0.5) is 0 Å². The van der Waals surface area contributed by atoms with Gasteiger partial charge in [-0.3, -0.25) is 0 Å². The third-order valence-corrected chi connectivity index (χ3v) is 3.12. The largest absolute Gasteiger partial charge is 0.328 e. The lowest BCUT2D eigenvalue weighted by Gasteiger charge is -2.24. The Balaban J connectivity index is 2.06. The molecule has 2 N–H and O–H groups in total. The monoisotopic (exact) mass is 184 g/mol. The maximum Gasteiger partial charge on any atom is 0.00922 e. The summed E-state index contributed by atoms with van der Waals surface area (Å²) < 4.78 is 0. The Labute approximate surface area is 82.5 Å².